The zero-order valence-corrected chi connectivity index (χ0v) is 18.1. The number of fused-ring (bicyclic) bond motifs is 1. The second-order valence-corrected chi connectivity index (χ2v) is 9.11. The van der Waals surface area contributed by atoms with Crippen molar-refractivity contribution in [3.63, 3.8) is 0 Å². The average Bonchev–Trinajstić information content (AvgIpc) is 3.42. The van der Waals surface area contributed by atoms with Crippen LogP contribution in [0.2, 0.25) is 0 Å². The summed E-state index contributed by atoms with van der Waals surface area (Å²) in [7, 11) is 0. The van der Waals surface area contributed by atoms with Crippen molar-refractivity contribution < 1.29 is 9.59 Å². The van der Waals surface area contributed by atoms with Crippen LogP contribution in [0.15, 0.2) is 48.5 Å². The fourth-order valence-electron chi connectivity index (χ4n) is 5.42. The zero-order valence-electron chi connectivity index (χ0n) is 18.1. The maximum absolute atomic E-state index is 12.8. The molecule has 0 unspecified atom stereocenters. The molecular weight excluding hydrogens is 386 g/mol. The number of rotatable bonds is 6. The molecule has 0 bridgehead atoms. The third-order valence-electron chi connectivity index (χ3n) is 7.17. The third kappa shape index (κ3) is 4.17. The van der Waals surface area contributed by atoms with Gasteiger partial charge in [0.1, 0.15) is 0 Å². The second-order valence-electron chi connectivity index (χ2n) is 9.11. The van der Waals surface area contributed by atoms with Gasteiger partial charge in [-0.3, -0.25) is 19.4 Å². The van der Waals surface area contributed by atoms with E-state index < -0.39 is 0 Å². The van der Waals surface area contributed by atoms with E-state index in [1.165, 1.54) is 24.0 Å². The van der Waals surface area contributed by atoms with E-state index in [1.807, 2.05) is 12.1 Å². The molecule has 1 saturated carbocycles. The van der Waals surface area contributed by atoms with Crippen LogP contribution in [-0.4, -0.2) is 60.8 Å². The highest BCUT2D eigenvalue weighted by Gasteiger charge is 2.39. The van der Waals surface area contributed by atoms with Gasteiger partial charge in [-0.15, -0.1) is 0 Å². The standard InChI is InChI=1S/C26H31N3O2/c30-25-23-12-6-11-22(21-9-4-5-10-21)24(23)29(26(25)31)18-17-27-13-15-28(16-14-27)19-20-7-2-1-3-8-20/h1-3,6-8,11-12,21H,4-5,9-10,13-19H2. The molecule has 2 aliphatic heterocycles. The molecular formula is C26H31N3O2. The van der Waals surface area contributed by atoms with Gasteiger partial charge in [0.05, 0.1) is 11.3 Å². The van der Waals surface area contributed by atoms with Gasteiger partial charge in [-0.1, -0.05) is 55.3 Å². The predicted octanol–water partition coefficient (Wildman–Crippen LogP) is 3.69. The Balaban J connectivity index is 1.22. The average molecular weight is 418 g/mol. The minimum absolute atomic E-state index is 0.331. The van der Waals surface area contributed by atoms with Gasteiger partial charge in [0.15, 0.2) is 0 Å². The quantitative estimate of drug-likeness (QED) is 0.673. The number of nitrogens with zero attached hydrogens (tertiary/aromatic N) is 3. The summed E-state index contributed by atoms with van der Waals surface area (Å²) in [6, 6.07) is 16.5. The molecule has 3 aliphatic rings. The number of amides is 1. The van der Waals surface area contributed by atoms with Gasteiger partial charge in [0.2, 0.25) is 0 Å². The van der Waals surface area contributed by atoms with Crippen molar-refractivity contribution in [2.24, 2.45) is 0 Å². The monoisotopic (exact) mass is 417 g/mol. The maximum Gasteiger partial charge on any atom is 0.299 e. The minimum Gasteiger partial charge on any atom is -0.303 e. The van der Waals surface area contributed by atoms with Gasteiger partial charge < -0.3 is 4.90 Å². The van der Waals surface area contributed by atoms with Crippen LogP contribution in [0, 0.1) is 0 Å². The van der Waals surface area contributed by atoms with E-state index in [4.69, 9.17) is 0 Å². The molecule has 2 aromatic carbocycles. The highest BCUT2D eigenvalue weighted by atomic mass is 16.2. The Morgan fingerprint density at radius 3 is 2.23 bits per heavy atom. The first-order chi connectivity index (χ1) is 15.2. The number of benzene rings is 2. The molecule has 0 N–H and O–H groups in total. The number of piperazine rings is 1. The lowest BCUT2D eigenvalue weighted by molar-refractivity contribution is -0.114. The molecule has 0 aromatic heterocycles. The Bertz CT molecular complexity index is 944. The van der Waals surface area contributed by atoms with Gasteiger partial charge in [0.25, 0.3) is 11.7 Å². The molecule has 2 heterocycles. The van der Waals surface area contributed by atoms with E-state index in [0.717, 1.165) is 57.8 Å². The molecule has 2 fully saturated rings. The molecule has 0 atom stereocenters. The highest BCUT2D eigenvalue weighted by molar-refractivity contribution is 6.52. The summed E-state index contributed by atoms with van der Waals surface area (Å²) in [5, 5.41) is 0. The Hall–Kier alpha value is -2.50. The van der Waals surface area contributed by atoms with Crippen molar-refractivity contribution in [1.82, 2.24) is 9.80 Å². The first kappa shape index (κ1) is 20.4. The molecule has 1 amide bonds. The lowest BCUT2D eigenvalue weighted by Crippen LogP contribution is -2.48. The van der Waals surface area contributed by atoms with Crippen molar-refractivity contribution in [2.45, 2.75) is 38.1 Å². The normalized spacial score (nSPS) is 20.6. The fourth-order valence-corrected chi connectivity index (χ4v) is 5.42. The topological polar surface area (TPSA) is 43.9 Å². The number of para-hydroxylation sites is 1. The Morgan fingerprint density at radius 1 is 0.774 bits per heavy atom. The molecule has 5 heteroatoms. The summed E-state index contributed by atoms with van der Waals surface area (Å²) in [5.74, 6) is -0.191. The van der Waals surface area contributed by atoms with Crippen LogP contribution in [0.1, 0.15) is 53.1 Å². The first-order valence-electron chi connectivity index (χ1n) is 11.7. The van der Waals surface area contributed by atoms with Gasteiger partial charge in [0, 0.05) is 45.8 Å². The molecule has 1 aliphatic carbocycles. The summed E-state index contributed by atoms with van der Waals surface area (Å²) in [6.45, 7) is 6.47. The molecule has 5 rings (SSSR count). The SMILES string of the molecule is O=C1C(=O)N(CCN2CCN(Cc3ccccc3)CC2)c2c1cccc2C1CCCC1. The molecule has 0 radical (unpaired) electrons. The minimum atomic E-state index is -0.344. The first-order valence-corrected chi connectivity index (χ1v) is 11.7. The molecule has 0 spiro atoms. The summed E-state index contributed by atoms with van der Waals surface area (Å²) < 4.78 is 0. The summed E-state index contributed by atoms with van der Waals surface area (Å²) >= 11 is 0. The van der Waals surface area contributed by atoms with Crippen molar-refractivity contribution >= 4 is 17.4 Å². The van der Waals surface area contributed by atoms with Crippen molar-refractivity contribution in [2.75, 3.05) is 44.2 Å². The molecule has 1 saturated heterocycles. The number of Topliss-reactive ketones (excluding diaryl/α,β-unsaturated/α-hetero) is 1. The summed E-state index contributed by atoms with van der Waals surface area (Å²) in [6.07, 6.45) is 4.80. The molecule has 5 nitrogen and oxygen atoms in total. The van der Waals surface area contributed by atoms with E-state index in [1.54, 1.807) is 4.90 Å². The summed E-state index contributed by atoms with van der Waals surface area (Å²) in [4.78, 5) is 32.1. The number of carbonyl (C=O) groups excluding carboxylic acids is 2. The maximum atomic E-state index is 12.8. The number of hydrogen-bond donors (Lipinski definition) is 0. The van der Waals surface area contributed by atoms with Gasteiger partial charge in [-0.2, -0.15) is 0 Å². The van der Waals surface area contributed by atoms with Crippen LogP contribution in [-0.2, 0) is 11.3 Å². The number of carbonyl (C=O) groups is 2. The van der Waals surface area contributed by atoms with Crippen molar-refractivity contribution in [3.05, 3.63) is 65.2 Å². The van der Waals surface area contributed by atoms with Crippen LogP contribution in [0.5, 0.6) is 0 Å². The lowest BCUT2D eigenvalue weighted by Gasteiger charge is -2.35. The highest BCUT2D eigenvalue weighted by Crippen LogP contribution is 2.42. The smallest absolute Gasteiger partial charge is 0.299 e. The molecule has 162 valence electrons. The number of ketones is 1. The second kappa shape index (κ2) is 8.93. The summed E-state index contributed by atoms with van der Waals surface area (Å²) in [5.41, 5.74) is 4.09. The largest absolute Gasteiger partial charge is 0.303 e. The molecule has 2 aromatic rings. The van der Waals surface area contributed by atoms with E-state index in [2.05, 4.69) is 46.2 Å². The van der Waals surface area contributed by atoms with Crippen LogP contribution in [0.25, 0.3) is 0 Å². The zero-order chi connectivity index (χ0) is 21.2. The van der Waals surface area contributed by atoms with Crippen LogP contribution in [0.4, 0.5) is 5.69 Å². The Kier molecular flexibility index (Phi) is 5.88. The van der Waals surface area contributed by atoms with Crippen molar-refractivity contribution in [3.8, 4) is 0 Å². The van der Waals surface area contributed by atoms with E-state index in [0.29, 0.717) is 18.0 Å². The Morgan fingerprint density at radius 2 is 1.48 bits per heavy atom. The van der Waals surface area contributed by atoms with Crippen LogP contribution >= 0.6 is 0 Å². The fraction of sp³-hybridized carbons (Fsp3) is 0.462. The van der Waals surface area contributed by atoms with Crippen LogP contribution in [0.3, 0.4) is 0 Å². The van der Waals surface area contributed by atoms with Crippen LogP contribution < -0.4 is 4.90 Å². The van der Waals surface area contributed by atoms with Gasteiger partial charge in [-0.05, 0) is 36.0 Å². The lowest BCUT2D eigenvalue weighted by atomic mass is 9.93. The number of hydrogen-bond acceptors (Lipinski definition) is 4. The van der Waals surface area contributed by atoms with E-state index in [9.17, 15) is 9.59 Å². The molecule has 31 heavy (non-hydrogen) atoms. The van der Waals surface area contributed by atoms with Gasteiger partial charge >= 0.3 is 0 Å². The van der Waals surface area contributed by atoms with Crippen molar-refractivity contribution in [1.29, 1.82) is 0 Å². The predicted molar refractivity (Wildman–Crippen MR) is 122 cm³/mol. The number of anilines is 1. The van der Waals surface area contributed by atoms with E-state index >= 15 is 0 Å². The Labute approximate surface area is 184 Å². The third-order valence-corrected chi connectivity index (χ3v) is 7.17. The van der Waals surface area contributed by atoms with E-state index in [-0.39, 0.29) is 11.7 Å². The van der Waals surface area contributed by atoms with Gasteiger partial charge in [-0.25, -0.2) is 0 Å².